The van der Waals surface area contributed by atoms with Crippen LogP contribution in [-0.4, -0.2) is 12.1 Å². The molecule has 2 unspecified atom stereocenters. The summed E-state index contributed by atoms with van der Waals surface area (Å²) in [7, 11) is 0. The lowest BCUT2D eigenvalue weighted by molar-refractivity contribution is -0.148. The molecule has 0 aliphatic rings. The molecule has 2 nitrogen and oxygen atoms in total. The largest absolute Gasteiger partial charge is 0.463 e. The Hall–Kier alpha value is -0.530. The molecule has 2 heteroatoms. The third-order valence-electron chi connectivity index (χ3n) is 3.62. The summed E-state index contributed by atoms with van der Waals surface area (Å²) in [6.07, 6.45) is 11.5. The lowest BCUT2D eigenvalue weighted by Crippen LogP contribution is -2.23. The molecule has 0 heterocycles. The summed E-state index contributed by atoms with van der Waals surface area (Å²) in [4.78, 5) is 11.0. The summed E-state index contributed by atoms with van der Waals surface area (Å²) >= 11 is 0. The van der Waals surface area contributed by atoms with E-state index >= 15 is 0 Å². The summed E-state index contributed by atoms with van der Waals surface area (Å²) in [5.74, 6) is 0.411. The van der Waals surface area contributed by atoms with E-state index in [-0.39, 0.29) is 12.1 Å². The molecule has 0 aromatic rings. The van der Waals surface area contributed by atoms with E-state index in [4.69, 9.17) is 4.74 Å². The molecular weight excluding hydrogens is 224 g/mol. The van der Waals surface area contributed by atoms with Gasteiger partial charge < -0.3 is 4.74 Å². The van der Waals surface area contributed by atoms with Crippen LogP contribution in [0, 0.1) is 5.92 Å². The molecule has 0 saturated heterocycles. The van der Waals surface area contributed by atoms with Gasteiger partial charge in [-0.15, -0.1) is 0 Å². The molecule has 0 spiro atoms. The zero-order valence-corrected chi connectivity index (χ0v) is 12.8. The zero-order chi connectivity index (χ0) is 13.8. The highest BCUT2D eigenvalue weighted by molar-refractivity contribution is 5.66. The molecular formula is C16H32O2. The Bertz CT molecular complexity index is 201. The number of carbonyl (C=O) groups excluding carboxylic acids is 1. The first-order valence-corrected chi connectivity index (χ1v) is 7.79. The van der Waals surface area contributed by atoms with Crippen molar-refractivity contribution < 1.29 is 9.53 Å². The standard InChI is InChI=1S/C16H32O2/c1-5-7-9-11-13-16(12-10-8-6-2)14(3)18-15(4)17/h14,16H,5-13H2,1-4H3. The second-order valence-corrected chi connectivity index (χ2v) is 5.42. The first kappa shape index (κ1) is 17.5. The van der Waals surface area contributed by atoms with Gasteiger partial charge in [0.2, 0.25) is 0 Å². The fraction of sp³-hybridized carbons (Fsp3) is 0.938. The van der Waals surface area contributed by atoms with Crippen LogP contribution in [0.3, 0.4) is 0 Å². The van der Waals surface area contributed by atoms with E-state index in [1.807, 2.05) is 0 Å². The summed E-state index contributed by atoms with van der Waals surface area (Å²) in [5, 5.41) is 0. The Morgan fingerprint density at radius 1 is 0.944 bits per heavy atom. The average Bonchev–Trinajstić information content (AvgIpc) is 2.31. The molecule has 0 fully saturated rings. The van der Waals surface area contributed by atoms with Gasteiger partial charge in [-0.25, -0.2) is 0 Å². The third kappa shape index (κ3) is 9.49. The molecule has 0 bridgehead atoms. The van der Waals surface area contributed by atoms with Gasteiger partial charge in [0.25, 0.3) is 0 Å². The third-order valence-corrected chi connectivity index (χ3v) is 3.62. The maximum absolute atomic E-state index is 11.0. The first-order chi connectivity index (χ1) is 8.61. The van der Waals surface area contributed by atoms with Crippen LogP contribution in [0.4, 0.5) is 0 Å². The second-order valence-electron chi connectivity index (χ2n) is 5.42. The first-order valence-electron chi connectivity index (χ1n) is 7.79. The number of rotatable bonds is 11. The number of hydrogen-bond acceptors (Lipinski definition) is 2. The van der Waals surface area contributed by atoms with E-state index in [1.54, 1.807) is 0 Å². The second kappa shape index (κ2) is 11.6. The van der Waals surface area contributed by atoms with Gasteiger partial charge in [0.05, 0.1) is 0 Å². The van der Waals surface area contributed by atoms with Crippen LogP contribution < -0.4 is 0 Å². The van der Waals surface area contributed by atoms with Crippen LogP contribution in [0.2, 0.25) is 0 Å². The maximum atomic E-state index is 11.0. The van der Waals surface area contributed by atoms with Crippen LogP contribution in [0.5, 0.6) is 0 Å². The van der Waals surface area contributed by atoms with Crippen molar-refractivity contribution in [2.75, 3.05) is 0 Å². The van der Waals surface area contributed by atoms with Crippen molar-refractivity contribution in [3.05, 3.63) is 0 Å². The van der Waals surface area contributed by atoms with E-state index in [0.29, 0.717) is 5.92 Å². The quantitative estimate of drug-likeness (QED) is 0.379. The van der Waals surface area contributed by atoms with Crippen LogP contribution in [-0.2, 0) is 9.53 Å². The number of carbonyl (C=O) groups is 1. The van der Waals surface area contributed by atoms with Crippen molar-refractivity contribution in [3.63, 3.8) is 0 Å². The van der Waals surface area contributed by atoms with E-state index in [0.717, 1.165) is 0 Å². The average molecular weight is 256 g/mol. The predicted molar refractivity (Wildman–Crippen MR) is 77.6 cm³/mol. The number of unbranched alkanes of at least 4 members (excludes halogenated alkanes) is 5. The number of esters is 1. The monoisotopic (exact) mass is 256 g/mol. The van der Waals surface area contributed by atoms with Gasteiger partial charge in [-0.2, -0.15) is 0 Å². The highest BCUT2D eigenvalue weighted by atomic mass is 16.5. The van der Waals surface area contributed by atoms with Crippen molar-refractivity contribution in [2.45, 2.75) is 91.6 Å². The lowest BCUT2D eigenvalue weighted by Gasteiger charge is -2.23. The zero-order valence-electron chi connectivity index (χ0n) is 12.8. The fourth-order valence-corrected chi connectivity index (χ4v) is 2.46. The van der Waals surface area contributed by atoms with Gasteiger partial charge >= 0.3 is 5.97 Å². The predicted octanol–water partition coefficient (Wildman–Crippen LogP) is 5.10. The maximum Gasteiger partial charge on any atom is 0.302 e. The van der Waals surface area contributed by atoms with Gasteiger partial charge in [-0.3, -0.25) is 4.79 Å². The van der Waals surface area contributed by atoms with E-state index in [1.165, 1.54) is 64.7 Å². The fourth-order valence-electron chi connectivity index (χ4n) is 2.46. The molecule has 2 atom stereocenters. The molecule has 0 radical (unpaired) electrons. The SMILES string of the molecule is CCCCCCC(CCCCC)C(C)OC(C)=O. The summed E-state index contributed by atoms with van der Waals surface area (Å²) in [6, 6.07) is 0. The molecule has 0 amide bonds. The van der Waals surface area contributed by atoms with Crippen LogP contribution in [0.15, 0.2) is 0 Å². The molecule has 108 valence electrons. The Balaban J connectivity index is 4.01. The van der Waals surface area contributed by atoms with Gasteiger partial charge in [0.1, 0.15) is 6.10 Å². The van der Waals surface area contributed by atoms with Gasteiger partial charge in [0.15, 0.2) is 0 Å². The van der Waals surface area contributed by atoms with Crippen molar-refractivity contribution in [3.8, 4) is 0 Å². The van der Waals surface area contributed by atoms with Crippen LogP contribution in [0.1, 0.15) is 85.5 Å². The molecule has 0 N–H and O–H groups in total. The molecule has 0 aromatic heterocycles. The minimum atomic E-state index is -0.142. The highest BCUT2D eigenvalue weighted by Gasteiger charge is 2.18. The Kier molecular flexibility index (Phi) is 11.2. The summed E-state index contributed by atoms with van der Waals surface area (Å²) in [6.45, 7) is 8.03. The van der Waals surface area contributed by atoms with Gasteiger partial charge in [0, 0.05) is 6.92 Å². The van der Waals surface area contributed by atoms with Gasteiger partial charge in [-0.05, 0) is 25.7 Å². The lowest BCUT2D eigenvalue weighted by atomic mass is 9.90. The van der Waals surface area contributed by atoms with Crippen molar-refractivity contribution in [1.29, 1.82) is 0 Å². The molecule has 0 rings (SSSR count). The van der Waals surface area contributed by atoms with Crippen LogP contribution >= 0.6 is 0 Å². The van der Waals surface area contributed by atoms with Crippen molar-refractivity contribution in [2.24, 2.45) is 5.92 Å². The Morgan fingerprint density at radius 2 is 1.44 bits per heavy atom. The van der Waals surface area contributed by atoms with E-state index < -0.39 is 0 Å². The minimum absolute atomic E-state index is 0.0842. The molecule has 0 aliphatic carbocycles. The van der Waals surface area contributed by atoms with E-state index in [2.05, 4.69) is 20.8 Å². The van der Waals surface area contributed by atoms with E-state index in [9.17, 15) is 4.79 Å². The number of hydrogen-bond donors (Lipinski definition) is 0. The minimum Gasteiger partial charge on any atom is -0.463 e. The summed E-state index contributed by atoms with van der Waals surface area (Å²) < 4.78 is 5.36. The normalized spacial score (nSPS) is 14.2. The van der Waals surface area contributed by atoms with Crippen molar-refractivity contribution >= 4 is 5.97 Å². The van der Waals surface area contributed by atoms with Gasteiger partial charge in [-0.1, -0.05) is 58.8 Å². The Labute approximate surface area is 113 Å². The molecule has 0 aliphatic heterocycles. The highest BCUT2D eigenvalue weighted by Crippen LogP contribution is 2.23. The molecule has 0 saturated carbocycles. The smallest absolute Gasteiger partial charge is 0.302 e. The van der Waals surface area contributed by atoms with Crippen molar-refractivity contribution in [1.82, 2.24) is 0 Å². The molecule has 0 aromatic carbocycles. The molecule has 18 heavy (non-hydrogen) atoms. The summed E-state index contributed by atoms with van der Waals surface area (Å²) in [5.41, 5.74) is 0. The topological polar surface area (TPSA) is 26.3 Å². The Morgan fingerprint density at radius 3 is 1.94 bits per heavy atom. The van der Waals surface area contributed by atoms with Crippen LogP contribution in [0.25, 0.3) is 0 Å². The number of ether oxygens (including phenoxy) is 1.